The van der Waals surface area contributed by atoms with E-state index in [0.29, 0.717) is 16.7 Å². The molecule has 0 fully saturated rings. The molecule has 2 rings (SSSR count). The normalized spacial score (nSPS) is 10.2. The Balaban J connectivity index is 1.95. The number of nitrogens with one attached hydrogen (secondary N) is 1. The Bertz CT molecular complexity index is 521. The molecule has 0 saturated carbocycles. The first kappa shape index (κ1) is 11.8. The largest absolute Gasteiger partial charge is 0.346 e. The van der Waals surface area contributed by atoms with E-state index in [9.17, 15) is 4.79 Å². The standard InChI is InChI=1S/C11H11BrN4O/c1-16-5-4-9(15-16)7-14-11(17)8-2-3-10(12)13-6-8/h2-6H,7H2,1H3,(H,14,17). The van der Waals surface area contributed by atoms with Crippen LogP contribution in [0.25, 0.3) is 0 Å². The second-order valence-corrected chi connectivity index (χ2v) is 4.35. The van der Waals surface area contributed by atoms with Gasteiger partial charge in [-0.15, -0.1) is 0 Å². The van der Waals surface area contributed by atoms with Crippen LogP contribution in [0.4, 0.5) is 0 Å². The van der Waals surface area contributed by atoms with E-state index in [4.69, 9.17) is 0 Å². The van der Waals surface area contributed by atoms with Crippen LogP contribution in [0, 0.1) is 0 Å². The van der Waals surface area contributed by atoms with Crippen molar-refractivity contribution >= 4 is 21.8 Å². The number of rotatable bonds is 3. The number of carbonyl (C=O) groups is 1. The summed E-state index contributed by atoms with van der Waals surface area (Å²) in [5.41, 5.74) is 1.36. The van der Waals surface area contributed by atoms with E-state index in [0.717, 1.165) is 5.69 Å². The van der Waals surface area contributed by atoms with Gasteiger partial charge >= 0.3 is 0 Å². The highest BCUT2D eigenvalue weighted by molar-refractivity contribution is 9.10. The molecule has 0 spiro atoms. The lowest BCUT2D eigenvalue weighted by atomic mass is 10.2. The molecule has 0 bridgehead atoms. The number of amides is 1. The smallest absolute Gasteiger partial charge is 0.253 e. The van der Waals surface area contributed by atoms with Gasteiger partial charge in [-0.1, -0.05) is 0 Å². The Labute approximate surface area is 107 Å². The zero-order chi connectivity index (χ0) is 12.3. The molecule has 0 atom stereocenters. The van der Waals surface area contributed by atoms with Crippen LogP contribution in [0.15, 0.2) is 35.2 Å². The number of hydrogen-bond donors (Lipinski definition) is 1. The first-order chi connectivity index (χ1) is 8.15. The summed E-state index contributed by atoms with van der Waals surface area (Å²) in [6.07, 6.45) is 3.36. The summed E-state index contributed by atoms with van der Waals surface area (Å²) in [6.45, 7) is 0.412. The van der Waals surface area contributed by atoms with Crippen molar-refractivity contribution in [3.05, 3.63) is 46.5 Å². The number of aromatic nitrogens is 3. The Hall–Kier alpha value is -1.69. The molecule has 0 unspecified atom stereocenters. The minimum absolute atomic E-state index is 0.157. The molecule has 17 heavy (non-hydrogen) atoms. The summed E-state index contributed by atoms with van der Waals surface area (Å²) in [5, 5.41) is 6.95. The molecule has 0 aliphatic heterocycles. The van der Waals surface area contributed by atoms with Crippen LogP contribution in [-0.2, 0) is 13.6 Å². The van der Waals surface area contributed by atoms with Gasteiger partial charge in [-0.2, -0.15) is 5.10 Å². The number of carbonyl (C=O) groups excluding carboxylic acids is 1. The Kier molecular flexibility index (Phi) is 3.53. The van der Waals surface area contributed by atoms with Gasteiger partial charge in [0.2, 0.25) is 0 Å². The van der Waals surface area contributed by atoms with Crippen LogP contribution >= 0.6 is 15.9 Å². The Morgan fingerprint density at radius 3 is 2.88 bits per heavy atom. The SMILES string of the molecule is Cn1ccc(CNC(=O)c2ccc(Br)nc2)n1. The van der Waals surface area contributed by atoms with Gasteiger partial charge in [0.25, 0.3) is 5.91 Å². The number of nitrogens with zero attached hydrogens (tertiary/aromatic N) is 3. The molecule has 88 valence electrons. The first-order valence-electron chi connectivity index (χ1n) is 5.03. The van der Waals surface area contributed by atoms with E-state index in [1.165, 1.54) is 6.20 Å². The molecule has 0 aliphatic rings. The number of hydrogen-bond acceptors (Lipinski definition) is 3. The van der Waals surface area contributed by atoms with Crippen LogP contribution in [0.3, 0.4) is 0 Å². The maximum absolute atomic E-state index is 11.7. The zero-order valence-corrected chi connectivity index (χ0v) is 10.8. The highest BCUT2D eigenvalue weighted by atomic mass is 79.9. The average molecular weight is 295 g/mol. The fourth-order valence-electron chi connectivity index (χ4n) is 1.34. The lowest BCUT2D eigenvalue weighted by Crippen LogP contribution is -2.23. The summed E-state index contributed by atoms with van der Waals surface area (Å²) in [7, 11) is 1.84. The molecule has 0 aliphatic carbocycles. The van der Waals surface area contributed by atoms with Crippen molar-refractivity contribution < 1.29 is 4.79 Å². The molecule has 1 amide bonds. The quantitative estimate of drug-likeness (QED) is 0.873. The van der Waals surface area contributed by atoms with Gasteiger partial charge in [0.1, 0.15) is 4.60 Å². The van der Waals surface area contributed by atoms with E-state index in [1.807, 2.05) is 19.3 Å². The van der Waals surface area contributed by atoms with E-state index in [1.54, 1.807) is 16.8 Å². The summed E-state index contributed by atoms with van der Waals surface area (Å²) < 4.78 is 2.40. The van der Waals surface area contributed by atoms with E-state index >= 15 is 0 Å². The number of pyridine rings is 1. The van der Waals surface area contributed by atoms with Crippen LogP contribution in [-0.4, -0.2) is 20.7 Å². The molecule has 0 radical (unpaired) electrons. The molecule has 2 heterocycles. The summed E-state index contributed by atoms with van der Waals surface area (Å²) >= 11 is 3.22. The zero-order valence-electron chi connectivity index (χ0n) is 9.22. The molecular weight excluding hydrogens is 284 g/mol. The lowest BCUT2D eigenvalue weighted by Gasteiger charge is -2.02. The van der Waals surface area contributed by atoms with Crippen LogP contribution in [0.1, 0.15) is 16.1 Å². The minimum atomic E-state index is -0.157. The van der Waals surface area contributed by atoms with Gasteiger partial charge in [0, 0.05) is 19.4 Å². The van der Waals surface area contributed by atoms with Crippen LogP contribution in [0.5, 0.6) is 0 Å². The molecule has 2 aromatic heterocycles. The van der Waals surface area contributed by atoms with Crippen molar-refractivity contribution in [2.45, 2.75) is 6.54 Å². The molecule has 0 aromatic carbocycles. The summed E-state index contributed by atoms with van der Waals surface area (Å²) in [4.78, 5) is 15.7. The molecule has 1 N–H and O–H groups in total. The van der Waals surface area contributed by atoms with E-state index in [2.05, 4.69) is 31.3 Å². The fraction of sp³-hybridized carbons (Fsp3) is 0.182. The Morgan fingerprint density at radius 1 is 1.47 bits per heavy atom. The lowest BCUT2D eigenvalue weighted by molar-refractivity contribution is 0.0950. The molecular formula is C11H11BrN4O. The van der Waals surface area contributed by atoms with Gasteiger partial charge in [-0.25, -0.2) is 4.98 Å². The van der Waals surface area contributed by atoms with Crippen LogP contribution in [0.2, 0.25) is 0 Å². The molecule has 2 aromatic rings. The second kappa shape index (κ2) is 5.09. The van der Waals surface area contributed by atoms with Crippen molar-refractivity contribution in [1.29, 1.82) is 0 Å². The van der Waals surface area contributed by atoms with Crippen molar-refractivity contribution in [1.82, 2.24) is 20.1 Å². The van der Waals surface area contributed by atoms with Gasteiger partial charge in [-0.05, 0) is 34.1 Å². The third kappa shape index (κ3) is 3.13. The minimum Gasteiger partial charge on any atom is -0.346 e. The van der Waals surface area contributed by atoms with Gasteiger partial charge < -0.3 is 5.32 Å². The predicted octanol–water partition coefficient (Wildman–Crippen LogP) is 1.51. The van der Waals surface area contributed by atoms with Gasteiger partial charge in [-0.3, -0.25) is 9.48 Å². The van der Waals surface area contributed by atoms with E-state index < -0.39 is 0 Å². The average Bonchev–Trinajstić information content (AvgIpc) is 2.73. The fourth-order valence-corrected chi connectivity index (χ4v) is 1.58. The number of halogens is 1. The van der Waals surface area contributed by atoms with Gasteiger partial charge in [0.15, 0.2) is 0 Å². The highest BCUT2D eigenvalue weighted by Crippen LogP contribution is 2.06. The maximum atomic E-state index is 11.7. The maximum Gasteiger partial charge on any atom is 0.253 e. The molecule has 5 nitrogen and oxygen atoms in total. The first-order valence-corrected chi connectivity index (χ1v) is 5.83. The summed E-state index contributed by atoms with van der Waals surface area (Å²) in [6, 6.07) is 5.31. The van der Waals surface area contributed by atoms with E-state index in [-0.39, 0.29) is 5.91 Å². The van der Waals surface area contributed by atoms with Crippen molar-refractivity contribution in [2.24, 2.45) is 7.05 Å². The predicted molar refractivity (Wildman–Crippen MR) is 66.3 cm³/mol. The monoisotopic (exact) mass is 294 g/mol. The third-order valence-corrected chi connectivity index (χ3v) is 2.66. The molecule has 0 saturated heterocycles. The highest BCUT2D eigenvalue weighted by Gasteiger charge is 2.06. The van der Waals surface area contributed by atoms with Crippen molar-refractivity contribution in [3.63, 3.8) is 0 Å². The second-order valence-electron chi connectivity index (χ2n) is 3.53. The Morgan fingerprint density at radius 2 is 2.29 bits per heavy atom. The van der Waals surface area contributed by atoms with Crippen molar-refractivity contribution in [2.75, 3.05) is 0 Å². The summed E-state index contributed by atoms with van der Waals surface area (Å²) in [5.74, 6) is -0.157. The topological polar surface area (TPSA) is 59.8 Å². The van der Waals surface area contributed by atoms with Gasteiger partial charge in [0.05, 0.1) is 17.8 Å². The third-order valence-electron chi connectivity index (χ3n) is 2.19. The number of aryl methyl sites for hydroxylation is 1. The van der Waals surface area contributed by atoms with Crippen molar-refractivity contribution in [3.8, 4) is 0 Å². The molecule has 6 heteroatoms. The van der Waals surface area contributed by atoms with Crippen LogP contribution < -0.4 is 5.32 Å².